The molecular formula is C13H14N4OS2. The van der Waals surface area contributed by atoms with Crippen molar-refractivity contribution in [1.82, 2.24) is 20.4 Å². The van der Waals surface area contributed by atoms with Gasteiger partial charge in [-0.2, -0.15) is 16.3 Å². The topological polar surface area (TPSA) is 63.8 Å². The third-order valence-corrected chi connectivity index (χ3v) is 4.65. The van der Waals surface area contributed by atoms with Crippen LogP contribution in [0.3, 0.4) is 0 Å². The van der Waals surface area contributed by atoms with E-state index in [0.29, 0.717) is 17.8 Å². The molecule has 1 unspecified atom stereocenters. The normalized spacial score (nSPS) is 12.7. The van der Waals surface area contributed by atoms with Gasteiger partial charge in [-0.3, -0.25) is 0 Å². The van der Waals surface area contributed by atoms with Gasteiger partial charge in [-0.15, -0.1) is 11.3 Å². The Bertz CT molecular complexity index is 674. The average molecular weight is 306 g/mol. The van der Waals surface area contributed by atoms with Gasteiger partial charge in [0.2, 0.25) is 0 Å². The standard InChI is InChI=1S/C13H14N4OS2/c1-8(14-2)5-11-16-12(18-17-11)10-6-15-13(20-10)9-3-4-19-7-9/h3-4,6-8,14H,5H2,1-2H3. The smallest absolute Gasteiger partial charge is 0.269 e. The molecule has 0 bridgehead atoms. The zero-order valence-electron chi connectivity index (χ0n) is 11.2. The summed E-state index contributed by atoms with van der Waals surface area (Å²) in [7, 11) is 1.92. The summed E-state index contributed by atoms with van der Waals surface area (Å²) in [6, 6.07) is 2.38. The first-order valence-corrected chi connectivity index (χ1v) is 8.01. The highest BCUT2D eigenvalue weighted by Crippen LogP contribution is 2.32. The van der Waals surface area contributed by atoms with E-state index in [9.17, 15) is 0 Å². The fourth-order valence-corrected chi connectivity index (χ4v) is 3.25. The monoisotopic (exact) mass is 306 g/mol. The molecule has 20 heavy (non-hydrogen) atoms. The zero-order valence-corrected chi connectivity index (χ0v) is 12.8. The largest absolute Gasteiger partial charge is 0.333 e. The Hall–Kier alpha value is -1.57. The highest BCUT2D eigenvalue weighted by Gasteiger charge is 2.14. The van der Waals surface area contributed by atoms with Crippen molar-refractivity contribution in [2.45, 2.75) is 19.4 Å². The molecule has 0 saturated heterocycles. The summed E-state index contributed by atoms with van der Waals surface area (Å²) in [4.78, 5) is 9.73. The highest BCUT2D eigenvalue weighted by molar-refractivity contribution is 7.18. The van der Waals surface area contributed by atoms with Gasteiger partial charge in [0.05, 0.1) is 6.20 Å². The van der Waals surface area contributed by atoms with E-state index in [2.05, 4.69) is 38.8 Å². The molecule has 0 fully saturated rings. The van der Waals surface area contributed by atoms with Crippen LogP contribution < -0.4 is 5.32 Å². The molecule has 0 aromatic carbocycles. The Balaban J connectivity index is 1.80. The molecule has 3 heterocycles. The number of likely N-dealkylation sites (N-methyl/N-ethyl adjacent to an activating group) is 1. The fraction of sp³-hybridized carbons (Fsp3) is 0.308. The Morgan fingerprint density at radius 1 is 1.45 bits per heavy atom. The van der Waals surface area contributed by atoms with Crippen LogP contribution in [-0.2, 0) is 6.42 Å². The maximum absolute atomic E-state index is 5.31. The van der Waals surface area contributed by atoms with E-state index in [1.54, 1.807) is 28.9 Å². The lowest BCUT2D eigenvalue weighted by Crippen LogP contribution is -2.24. The fourth-order valence-electron chi connectivity index (χ4n) is 1.71. The Labute approximate surface area is 124 Å². The maximum atomic E-state index is 5.31. The summed E-state index contributed by atoms with van der Waals surface area (Å²) in [5.41, 5.74) is 1.13. The molecule has 104 valence electrons. The van der Waals surface area contributed by atoms with Crippen LogP contribution in [0.4, 0.5) is 0 Å². The van der Waals surface area contributed by atoms with E-state index in [1.807, 2.05) is 12.4 Å². The molecule has 0 radical (unpaired) electrons. The number of aromatic nitrogens is 3. The number of rotatable bonds is 5. The number of thiophene rings is 1. The molecule has 3 aromatic rings. The lowest BCUT2D eigenvalue weighted by molar-refractivity contribution is 0.419. The number of hydrogen-bond donors (Lipinski definition) is 1. The van der Waals surface area contributed by atoms with Gasteiger partial charge in [0.1, 0.15) is 9.88 Å². The van der Waals surface area contributed by atoms with Gasteiger partial charge in [0.15, 0.2) is 5.82 Å². The SMILES string of the molecule is CNC(C)Cc1noc(-c2cnc(-c3ccsc3)s2)n1. The second-order valence-corrected chi connectivity index (χ2v) is 6.26. The second-order valence-electron chi connectivity index (χ2n) is 4.45. The number of thiazole rings is 1. The minimum atomic E-state index is 0.322. The van der Waals surface area contributed by atoms with Crippen LogP contribution in [0.15, 0.2) is 27.5 Å². The van der Waals surface area contributed by atoms with E-state index < -0.39 is 0 Å². The summed E-state index contributed by atoms with van der Waals surface area (Å²) in [6.07, 6.45) is 2.53. The van der Waals surface area contributed by atoms with Crippen LogP contribution in [0.5, 0.6) is 0 Å². The molecule has 3 rings (SSSR count). The minimum absolute atomic E-state index is 0.322. The van der Waals surface area contributed by atoms with Gasteiger partial charge < -0.3 is 9.84 Å². The van der Waals surface area contributed by atoms with E-state index in [1.165, 1.54) is 0 Å². The number of nitrogens with zero attached hydrogens (tertiary/aromatic N) is 3. The van der Waals surface area contributed by atoms with Crippen LogP contribution in [0.2, 0.25) is 0 Å². The lowest BCUT2D eigenvalue weighted by atomic mass is 10.2. The Morgan fingerprint density at radius 2 is 2.35 bits per heavy atom. The molecule has 0 aliphatic rings. The minimum Gasteiger partial charge on any atom is -0.333 e. The third kappa shape index (κ3) is 2.79. The molecule has 1 N–H and O–H groups in total. The second kappa shape index (κ2) is 5.82. The first-order valence-electron chi connectivity index (χ1n) is 6.25. The number of hydrogen-bond acceptors (Lipinski definition) is 7. The van der Waals surface area contributed by atoms with E-state index >= 15 is 0 Å². The van der Waals surface area contributed by atoms with Crippen molar-refractivity contribution in [3.8, 4) is 21.3 Å². The van der Waals surface area contributed by atoms with Gasteiger partial charge in [-0.1, -0.05) is 5.16 Å². The highest BCUT2D eigenvalue weighted by atomic mass is 32.1. The molecule has 7 heteroatoms. The van der Waals surface area contributed by atoms with Crippen LogP contribution in [0.25, 0.3) is 21.3 Å². The first kappa shape index (κ1) is 13.4. The Kier molecular flexibility index (Phi) is 3.90. The summed E-state index contributed by atoms with van der Waals surface area (Å²) in [5, 5.41) is 12.3. The van der Waals surface area contributed by atoms with Crippen LogP contribution in [-0.4, -0.2) is 28.2 Å². The maximum Gasteiger partial charge on any atom is 0.269 e. The molecule has 0 aliphatic heterocycles. The average Bonchev–Trinajstić information content (AvgIpc) is 3.18. The molecule has 1 atom stereocenters. The van der Waals surface area contributed by atoms with Crippen molar-refractivity contribution in [3.05, 3.63) is 28.8 Å². The predicted octanol–water partition coefficient (Wildman–Crippen LogP) is 3.07. The number of nitrogens with one attached hydrogen (secondary N) is 1. The molecule has 0 amide bonds. The third-order valence-electron chi connectivity index (χ3n) is 2.93. The quantitative estimate of drug-likeness (QED) is 0.785. The van der Waals surface area contributed by atoms with Crippen molar-refractivity contribution in [1.29, 1.82) is 0 Å². The first-order chi connectivity index (χ1) is 9.76. The van der Waals surface area contributed by atoms with E-state index in [-0.39, 0.29) is 0 Å². The van der Waals surface area contributed by atoms with Gasteiger partial charge >= 0.3 is 0 Å². The van der Waals surface area contributed by atoms with Crippen LogP contribution >= 0.6 is 22.7 Å². The summed E-state index contributed by atoms with van der Waals surface area (Å²) >= 11 is 3.23. The van der Waals surface area contributed by atoms with Crippen molar-refractivity contribution in [2.24, 2.45) is 0 Å². The van der Waals surface area contributed by atoms with E-state index in [0.717, 1.165) is 21.9 Å². The molecular weight excluding hydrogens is 292 g/mol. The van der Waals surface area contributed by atoms with Gasteiger partial charge in [-0.05, 0) is 25.4 Å². The van der Waals surface area contributed by atoms with Crippen molar-refractivity contribution in [3.63, 3.8) is 0 Å². The predicted molar refractivity (Wildman–Crippen MR) is 80.9 cm³/mol. The van der Waals surface area contributed by atoms with Crippen molar-refractivity contribution < 1.29 is 4.52 Å². The van der Waals surface area contributed by atoms with E-state index in [4.69, 9.17) is 4.52 Å². The molecule has 5 nitrogen and oxygen atoms in total. The Morgan fingerprint density at radius 3 is 3.10 bits per heavy atom. The van der Waals surface area contributed by atoms with Crippen molar-refractivity contribution >= 4 is 22.7 Å². The summed E-state index contributed by atoms with van der Waals surface area (Å²) in [5.74, 6) is 1.26. The molecule has 0 saturated carbocycles. The molecule has 3 aromatic heterocycles. The van der Waals surface area contributed by atoms with Gasteiger partial charge in [-0.25, -0.2) is 4.98 Å². The summed E-state index contributed by atoms with van der Waals surface area (Å²) < 4.78 is 5.31. The lowest BCUT2D eigenvalue weighted by Gasteiger charge is -2.04. The van der Waals surface area contributed by atoms with Gasteiger partial charge in [0, 0.05) is 23.4 Å². The molecule has 0 aliphatic carbocycles. The van der Waals surface area contributed by atoms with Crippen LogP contribution in [0.1, 0.15) is 12.7 Å². The van der Waals surface area contributed by atoms with Crippen LogP contribution in [0, 0.1) is 0 Å². The van der Waals surface area contributed by atoms with Gasteiger partial charge in [0.25, 0.3) is 5.89 Å². The summed E-state index contributed by atoms with van der Waals surface area (Å²) in [6.45, 7) is 2.08. The van der Waals surface area contributed by atoms with Crippen molar-refractivity contribution in [2.75, 3.05) is 7.05 Å². The molecule has 0 spiro atoms. The zero-order chi connectivity index (χ0) is 13.9.